The van der Waals surface area contributed by atoms with E-state index in [2.05, 4.69) is 18.8 Å². The van der Waals surface area contributed by atoms with Crippen molar-refractivity contribution in [2.75, 3.05) is 0 Å². The molecule has 19 heavy (non-hydrogen) atoms. The molecule has 0 amide bonds. The monoisotopic (exact) mass is 298 g/mol. The molecule has 1 aromatic carbocycles. The summed E-state index contributed by atoms with van der Waals surface area (Å²) in [5.41, 5.74) is 1.61. The molecule has 0 aliphatic heterocycles. The van der Waals surface area contributed by atoms with Crippen molar-refractivity contribution in [1.29, 1.82) is 0 Å². The molecule has 2 aromatic rings. The summed E-state index contributed by atoms with van der Waals surface area (Å²) in [5.74, 6) is 1.18. The first kappa shape index (κ1) is 14.4. The van der Waals surface area contributed by atoms with E-state index in [0.29, 0.717) is 16.6 Å². The van der Waals surface area contributed by atoms with Gasteiger partial charge in [-0.1, -0.05) is 43.1 Å². The summed E-state index contributed by atoms with van der Waals surface area (Å²) >= 11 is 12.4. The van der Waals surface area contributed by atoms with E-state index in [0.717, 1.165) is 17.1 Å². The third kappa shape index (κ3) is 2.94. The Hall–Kier alpha value is -1.03. The minimum absolute atomic E-state index is 0.0538. The smallest absolute Gasteiger partial charge is 0.111 e. The lowest BCUT2D eigenvalue weighted by molar-refractivity contribution is 0.271. The zero-order valence-corrected chi connectivity index (χ0v) is 12.4. The Morgan fingerprint density at radius 1 is 1.26 bits per heavy atom. The molecule has 0 aliphatic rings. The molecule has 1 N–H and O–H groups in total. The highest BCUT2D eigenvalue weighted by atomic mass is 35.5. The predicted molar refractivity (Wildman–Crippen MR) is 77.8 cm³/mol. The maximum absolute atomic E-state index is 9.40. The molecular weight excluding hydrogens is 283 g/mol. The van der Waals surface area contributed by atoms with Crippen molar-refractivity contribution < 1.29 is 5.11 Å². The van der Waals surface area contributed by atoms with E-state index in [1.54, 1.807) is 6.20 Å². The molecular formula is C14H16Cl2N2O. The highest BCUT2D eigenvalue weighted by molar-refractivity contribution is 6.35. The maximum atomic E-state index is 9.40. The number of halogens is 2. The number of nitrogens with zero attached hydrogens (tertiary/aromatic N) is 2. The number of imidazole rings is 1. The molecule has 0 saturated heterocycles. The Labute approximate surface area is 122 Å². The quantitative estimate of drug-likeness (QED) is 0.931. The van der Waals surface area contributed by atoms with Gasteiger partial charge in [0, 0.05) is 21.5 Å². The molecule has 2 rings (SSSR count). The summed E-state index contributed by atoms with van der Waals surface area (Å²) in [6.07, 6.45) is 1.69. The van der Waals surface area contributed by atoms with Crippen molar-refractivity contribution in [1.82, 2.24) is 9.55 Å². The first-order chi connectivity index (χ1) is 9.04. The third-order valence-corrected chi connectivity index (χ3v) is 3.73. The second-order valence-corrected chi connectivity index (χ2v) is 5.52. The van der Waals surface area contributed by atoms with Gasteiger partial charge in [0.25, 0.3) is 0 Å². The lowest BCUT2D eigenvalue weighted by Gasteiger charge is -2.15. The van der Waals surface area contributed by atoms with E-state index in [-0.39, 0.29) is 12.5 Å². The second kappa shape index (κ2) is 5.95. The summed E-state index contributed by atoms with van der Waals surface area (Å²) < 4.78 is 1.97. The van der Waals surface area contributed by atoms with Gasteiger partial charge in [0.2, 0.25) is 0 Å². The van der Waals surface area contributed by atoms with Gasteiger partial charge in [0.15, 0.2) is 0 Å². The van der Waals surface area contributed by atoms with E-state index in [1.807, 2.05) is 22.8 Å². The molecule has 0 unspecified atom stereocenters. The van der Waals surface area contributed by atoms with E-state index in [1.165, 1.54) is 0 Å². The van der Waals surface area contributed by atoms with Gasteiger partial charge in [-0.15, -0.1) is 0 Å². The first-order valence-electron chi connectivity index (χ1n) is 6.12. The van der Waals surface area contributed by atoms with Crippen molar-refractivity contribution >= 4 is 23.2 Å². The normalized spacial score (nSPS) is 11.3. The molecule has 5 heteroatoms. The van der Waals surface area contributed by atoms with Gasteiger partial charge in [0.1, 0.15) is 5.82 Å². The van der Waals surface area contributed by atoms with Crippen LogP contribution in [0, 0.1) is 0 Å². The SMILES string of the molecule is CC(C)c1ncc(CO)n1Cc1c(Cl)cccc1Cl. The Kier molecular flexibility index (Phi) is 4.50. The number of aliphatic hydroxyl groups is 1. The average molecular weight is 299 g/mol. The Morgan fingerprint density at radius 3 is 2.42 bits per heavy atom. The van der Waals surface area contributed by atoms with Crippen LogP contribution >= 0.6 is 23.2 Å². The van der Waals surface area contributed by atoms with E-state index < -0.39 is 0 Å². The van der Waals surface area contributed by atoms with E-state index in [9.17, 15) is 5.11 Å². The van der Waals surface area contributed by atoms with Crippen LogP contribution in [0.1, 0.15) is 36.8 Å². The van der Waals surface area contributed by atoms with Crippen molar-refractivity contribution in [3.8, 4) is 0 Å². The van der Waals surface area contributed by atoms with Gasteiger partial charge in [-0.3, -0.25) is 0 Å². The standard InChI is InChI=1S/C14H16Cl2N2O/c1-9(2)14-17-6-10(8-19)18(14)7-11-12(15)4-3-5-13(11)16/h3-6,9,19H,7-8H2,1-2H3. The van der Waals surface area contributed by atoms with E-state index >= 15 is 0 Å². The molecule has 102 valence electrons. The van der Waals surface area contributed by atoms with Crippen molar-refractivity contribution in [3.63, 3.8) is 0 Å². The van der Waals surface area contributed by atoms with Crippen LogP contribution in [0.2, 0.25) is 10.0 Å². The molecule has 0 aliphatic carbocycles. The molecule has 1 heterocycles. The molecule has 0 radical (unpaired) electrons. The van der Waals surface area contributed by atoms with Crippen molar-refractivity contribution in [3.05, 3.63) is 51.5 Å². The fourth-order valence-corrected chi connectivity index (χ4v) is 2.56. The van der Waals surface area contributed by atoms with Crippen LogP contribution in [0.15, 0.2) is 24.4 Å². The highest BCUT2D eigenvalue weighted by Crippen LogP contribution is 2.27. The highest BCUT2D eigenvalue weighted by Gasteiger charge is 2.15. The van der Waals surface area contributed by atoms with Crippen molar-refractivity contribution in [2.24, 2.45) is 0 Å². The largest absolute Gasteiger partial charge is 0.390 e. The summed E-state index contributed by atoms with van der Waals surface area (Å²) in [7, 11) is 0. The summed E-state index contributed by atoms with van der Waals surface area (Å²) in [6.45, 7) is 4.59. The lowest BCUT2D eigenvalue weighted by atomic mass is 10.2. The average Bonchev–Trinajstić information content (AvgIpc) is 2.77. The fraction of sp³-hybridized carbons (Fsp3) is 0.357. The molecule has 0 atom stereocenters. The van der Waals surface area contributed by atoms with Gasteiger partial charge < -0.3 is 9.67 Å². The Bertz CT molecular complexity index is 559. The van der Waals surface area contributed by atoms with Crippen LogP contribution in [0.3, 0.4) is 0 Å². The molecule has 3 nitrogen and oxygen atoms in total. The van der Waals surface area contributed by atoms with Crippen LogP contribution in [0.4, 0.5) is 0 Å². The number of hydrogen-bond donors (Lipinski definition) is 1. The fourth-order valence-electron chi connectivity index (χ4n) is 2.04. The number of benzene rings is 1. The maximum Gasteiger partial charge on any atom is 0.111 e. The zero-order chi connectivity index (χ0) is 14.0. The number of hydrogen-bond acceptors (Lipinski definition) is 2. The minimum atomic E-state index is -0.0538. The lowest BCUT2D eigenvalue weighted by Crippen LogP contribution is -2.10. The van der Waals surface area contributed by atoms with Gasteiger partial charge in [0.05, 0.1) is 25.0 Å². The predicted octanol–water partition coefficient (Wildman–Crippen LogP) is 3.85. The van der Waals surface area contributed by atoms with Crippen LogP contribution in [-0.4, -0.2) is 14.7 Å². The molecule has 0 bridgehead atoms. The van der Waals surface area contributed by atoms with Gasteiger partial charge >= 0.3 is 0 Å². The van der Waals surface area contributed by atoms with Crippen molar-refractivity contribution in [2.45, 2.75) is 32.9 Å². The van der Waals surface area contributed by atoms with Crippen LogP contribution < -0.4 is 0 Å². The summed E-state index contributed by atoms with van der Waals surface area (Å²) in [5, 5.41) is 10.7. The molecule has 0 saturated carbocycles. The van der Waals surface area contributed by atoms with Crippen LogP contribution in [0.5, 0.6) is 0 Å². The molecule has 1 aromatic heterocycles. The first-order valence-corrected chi connectivity index (χ1v) is 6.88. The molecule has 0 fully saturated rings. The zero-order valence-electron chi connectivity index (χ0n) is 10.9. The molecule has 0 spiro atoms. The summed E-state index contributed by atoms with van der Waals surface area (Å²) in [6, 6.07) is 5.44. The Balaban J connectivity index is 2.45. The van der Waals surface area contributed by atoms with Gasteiger partial charge in [-0.05, 0) is 12.1 Å². The number of aromatic nitrogens is 2. The minimum Gasteiger partial charge on any atom is -0.390 e. The van der Waals surface area contributed by atoms with Crippen LogP contribution in [-0.2, 0) is 13.2 Å². The van der Waals surface area contributed by atoms with E-state index in [4.69, 9.17) is 23.2 Å². The number of aliphatic hydroxyl groups excluding tert-OH is 1. The second-order valence-electron chi connectivity index (χ2n) is 4.71. The topological polar surface area (TPSA) is 38.1 Å². The van der Waals surface area contributed by atoms with Gasteiger partial charge in [-0.25, -0.2) is 4.98 Å². The van der Waals surface area contributed by atoms with Gasteiger partial charge in [-0.2, -0.15) is 0 Å². The Morgan fingerprint density at radius 2 is 1.89 bits per heavy atom. The summed E-state index contributed by atoms with van der Waals surface area (Å²) in [4.78, 5) is 4.36. The number of rotatable bonds is 4. The van der Waals surface area contributed by atoms with Crippen LogP contribution in [0.25, 0.3) is 0 Å². The third-order valence-electron chi connectivity index (χ3n) is 3.03.